The maximum Gasteiger partial charge on any atom is 0.127 e. The number of ether oxygens (including phenoxy) is 2. The maximum atomic E-state index is 5.95. The Morgan fingerprint density at radius 3 is 1.42 bits per heavy atom. The van der Waals surface area contributed by atoms with Crippen molar-refractivity contribution in [2.45, 2.75) is 0 Å². The first-order valence-electron chi connectivity index (χ1n) is 16.7. The van der Waals surface area contributed by atoms with Crippen molar-refractivity contribution in [3.8, 4) is 56.5 Å². The minimum atomic E-state index is 0.796. The van der Waals surface area contributed by atoms with E-state index in [0.29, 0.717) is 0 Å². The van der Waals surface area contributed by atoms with Crippen LogP contribution in [0.1, 0.15) is 0 Å². The summed E-state index contributed by atoms with van der Waals surface area (Å²) in [6.07, 6.45) is 0. The zero-order chi connectivity index (χ0) is 33.6. The lowest BCUT2D eigenvalue weighted by molar-refractivity contribution is 0.411. The van der Waals surface area contributed by atoms with Crippen LogP contribution in [0.3, 0.4) is 0 Å². The minimum Gasteiger partial charge on any atom is -0.496 e. The SMILES string of the molecule is COc1ccc2ccccc2c1-c1c(OC)ccc2cc(-c3cccc(-c4cccc(-c5c6ccccc6cc6ccccc56)n4)n3)ccc12. The van der Waals surface area contributed by atoms with Crippen molar-refractivity contribution >= 4 is 43.1 Å². The van der Waals surface area contributed by atoms with E-state index in [9.17, 15) is 0 Å². The fourth-order valence-electron chi connectivity index (χ4n) is 7.32. The van der Waals surface area contributed by atoms with Crippen molar-refractivity contribution in [1.29, 1.82) is 0 Å². The molecule has 0 amide bonds. The predicted octanol–water partition coefficient (Wildman–Crippen LogP) is 11.8. The number of hydrogen-bond acceptors (Lipinski definition) is 4. The average Bonchev–Trinajstić information content (AvgIpc) is 3.19. The Morgan fingerprint density at radius 2 is 0.800 bits per heavy atom. The van der Waals surface area contributed by atoms with Gasteiger partial charge in [-0.05, 0) is 91.6 Å². The van der Waals surface area contributed by atoms with E-state index in [1.165, 1.54) is 21.5 Å². The van der Waals surface area contributed by atoms with Gasteiger partial charge in [-0.2, -0.15) is 0 Å². The van der Waals surface area contributed by atoms with Gasteiger partial charge in [0, 0.05) is 22.3 Å². The second-order valence-electron chi connectivity index (χ2n) is 12.5. The molecule has 2 heterocycles. The third-order valence-electron chi connectivity index (χ3n) is 9.65. The van der Waals surface area contributed by atoms with E-state index in [-0.39, 0.29) is 0 Å². The van der Waals surface area contributed by atoms with E-state index >= 15 is 0 Å². The van der Waals surface area contributed by atoms with Gasteiger partial charge in [0.25, 0.3) is 0 Å². The molecule has 50 heavy (non-hydrogen) atoms. The van der Waals surface area contributed by atoms with Gasteiger partial charge < -0.3 is 9.47 Å². The van der Waals surface area contributed by atoms with E-state index in [1.54, 1.807) is 14.2 Å². The van der Waals surface area contributed by atoms with Gasteiger partial charge in [0.05, 0.1) is 37.0 Å². The molecule has 0 radical (unpaired) electrons. The van der Waals surface area contributed by atoms with Crippen molar-refractivity contribution in [1.82, 2.24) is 9.97 Å². The van der Waals surface area contributed by atoms with Crippen LogP contribution in [0.5, 0.6) is 11.5 Å². The lowest BCUT2D eigenvalue weighted by atomic mass is 9.91. The smallest absolute Gasteiger partial charge is 0.127 e. The Balaban J connectivity index is 1.15. The molecule has 0 aliphatic heterocycles. The molecule has 0 saturated carbocycles. The number of rotatable bonds is 6. The lowest BCUT2D eigenvalue weighted by Gasteiger charge is -2.18. The van der Waals surface area contributed by atoms with Crippen molar-refractivity contribution < 1.29 is 9.47 Å². The van der Waals surface area contributed by atoms with Crippen LogP contribution in [0, 0.1) is 0 Å². The summed E-state index contributed by atoms with van der Waals surface area (Å²) in [5.74, 6) is 1.60. The number of aromatic nitrogens is 2. The molecule has 9 rings (SSSR count). The number of fused-ring (bicyclic) bond motifs is 4. The molecular formula is C46H32N2O2. The molecule has 4 nitrogen and oxygen atoms in total. The standard InChI is InChI=1S/C46H32N2O2/c1-49-42-25-22-29-11-3-6-14-34(29)45(42)46-37-24-21-33(28-32(37)23-26-43(46)50-2)38-17-9-18-39(47-38)40-19-10-20-41(48-40)44-35-15-7-4-12-30(35)27-31-13-5-8-16-36(31)44/h3-28H,1-2H3. The fraction of sp³-hybridized carbons (Fsp3) is 0.0435. The number of pyridine rings is 2. The van der Waals surface area contributed by atoms with Crippen molar-refractivity contribution in [2.75, 3.05) is 14.2 Å². The Hall–Kier alpha value is -6.52. The summed E-state index contributed by atoms with van der Waals surface area (Å²) in [7, 11) is 3.44. The molecule has 0 aliphatic carbocycles. The van der Waals surface area contributed by atoms with Crippen LogP contribution < -0.4 is 9.47 Å². The minimum absolute atomic E-state index is 0.796. The highest BCUT2D eigenvalue weighted by Gasteiger charge is 2.19. The highest BCUT2D eigenvalue weighted by atomic mass is 16.5. The maximum absolute atomic E-state index is 5.95. The molecule has 0 N–H and O–H groups in total. The quantitative estimate of drug-likeness (QED) is 0.169. The molecular weight excluding hydrogens is 613 g/mol. The summed E-state index contributed by atoms with van der Waals surface area (Å²) < 4.78 is 11.9. The van der Waals surface area contributed by atoms with Crippen LogP contribution in [0.4, 0.5) is 0 Å². The number of hydrogen-bond donors (Lipinski definition) is 0. The summed E-state index contributed by atoms with van der Waals surface area (Å²) in [5.41, 5.74) is 7.66. The molecule has 238 valence electrons. The van der Waals surface area contributed by atoms with Crippen molar-refractivity contribution in [2.24, 2.45) is 0 Å². The van der Waals surface area contributed by atoms with Gasteiger partial charge >= 0.3 is 0 Å². The van der Waals surface area contributed by atoms with Gasteiger partial charge in [-0.1, -0.05) is 109 Å². The second-order valence-corrected chi connectivity index (χ2v) is 12.5. The topological polar surface area (TPSA) is 44.2 Å². The second kappa shape index (κ2) is 12.2. The number of benzene rings is 7. The Morgan fingerprint density at radius 1 is 0.340 bits per heavy atom. The van der Waals surface area contributed by atoms with Crippen LogP contribution in [0.15, 0.2) is 158 Å². The van der Waals surface area contributed by atoms with Crippen LogP contribution >= 0.6 is 0 Å². The average molecular weight is 645 g/mol. The molecule has 2 aromatic heterocycles. The number of methoxy groups -OCH3 is 2. The first-order valence-corrected chi connectivity index (χ1v) is 16.7. The first-order chi connectivity index (χ1) is 24.7. The Kier molecular flexibility index (Phi) is 7.21. The highest BCUT2D eigenvalue weighted by molar-refractivity contribution is 6.12. The van der Waals surface area contributed by atoms with Crippen molar-refractivity contribution in [3.05, 3.63) is 158 Å². The van der Waals surface area contributed by atoms with Crippen LogP contribution in [-0.4, -0.2) is 24.2 Å². The normalized spacial score (nSPS) is 11.4. The fourth-order valence-corrected chi connectivity index (χ4v) is 7.32. The molecule has 0 fully saturated rings. The van der Waals surface area contributed by atoms with Gasteiger partial charge in [-0.25, -0.2) is 9.97 Å². The van der Waals surface area contributed by atoms with Gasteiger partial charge in [0.2, 0.25) is 0 Å². The summed E-state index contributed by atoms with van der Waals surface area (Å²) in [5, 5.41) is 9.19. The van der Waals surface area contributed by atoms with E-state index in [4.69, 9.17) is 19.4 Å². The highest BCUT2D eigenvalue weighted by Crippen LogP contribution is 2.46. The van der Waals surface area contributed by atoms with E-state index in [0.717, 1.165) is 78.1 Å². The molecule has 0 aliphatic rings. The predicted molar refractivity (Wildman–Crippen MR) is 207 cm³/mol. The summed E-state index contributed by atoms with van der Waals surface area (Å²) in [6, 6.07) is 54.9. The third-order valence-corrected chi connectivity index (χ3v) is 9.65. The van der Waals surface area contributed by atoms with Crippen molar-refractivity contribution in [3.63, 3.8) is 0 Å². The van der Waals surface area contributed by atoms with Gasteiger partial charge in [-0.15, -0.1) is 0 Å². The number of nitrogens with zero attached hydrogens (tertiary/aromatic N) is 2. The molecule has 7 aromatic carbocycles. The monoisotopic (exact) mass is 644 g/mol. The molecule has 9 aromatic rings. The Bertz CT molecular complexity index is 2700. The molecule has 0 unspecified atom stereocenters. The summed E-state index contributed by atoms with van der Waals surface area (Å²) in [6.45, 7) is 0. The van der Waals surface area contributed by atoms with E-state index < -0.39 is 0 Å². The van der Waals surface area contributed by atoms with Crippen LogP contribution in [0.2, 0.25) is 0 Å². The zero-order valence-electron chi connectivity index (χ0n) is 27.7. The van der Waals surface area contributed by atoms with Crippen LogP contribution in [0.25, 0.3) is 88.1 Å². The molecule has 0 bridgehead atoms. The molecule has 0 spiro atoms. The molecule has 0 atom stereocenters. The zero-order valence-corrected chi connectivity index (χ0v) is 27.7. The molecule has 4 heteroatoms. The third kappa shape index (κ3) is 4.92. The van der Waals surface area contributed by atoms with Gasteiger partial charge in [0.1, 0.15) is 11.5 Å². The lowest BCUT2D eigenvalue weighted by Crippen LogP contribution is -1.95. The van der Waals surface area contributed by atoms with Crippen LogP contribution in [-0.2, 0) is 0 Å². The van der Waals surface area contributed by atoms with Gasteiger partial charge in [-0.3, -0.25) is 0 Å². The first kappa shape index (κ1) is 29.6. The van der Waals surface area contributed by atoms with E-state index in [2.05, 4.69) is 133 Å². The van der Waals surface area contributed by atoms with Gasteiger partial charge in [0.15, 0.2) is 0 Å². The molecule has 0 saturated heterocycles. The summed E-state index contributed by atoms with van der Waals surface area (Å²) in [4.78, 5) is 10.4. The largest absolute Gasteiger partial charge is 0.496 e. The Labute approximate surface area is 290 Å². The van der Waals surface area contributed by atoms with E-state index in [1.807, 2.05) is 24.3 Å². The summed E-state index contributed by atoms with van der Waals surface area (Å²) >= 11 is 0.